The second-order valence-electron chi connectivity index (χ2n) is 5.11. The molecule has 0 aliphatic carbocycles. The van der Waals surface area contributed by atoms with Crippen molar-refractivity contribution in [1.82, 2.24) is 9.97 Å². The molecule has 3 heteroatoms. The molecule has 0 aliphatic heterocycles. The third-order valence-electron chi connectivity index (χ3n) is 3.63. The van der Waals surface area contributed by atoms with Crippen LogP contribution in [0.4, 0.5) is 0 Å². The highest BCUT2D eigenvalue weighted by atomic mass is 16.3. The minimum absolute atomic E-state index is 0.465. The fourth-order valence-corrected chi connectivity index (χ4v) is 2.48. The van der Waals surface area contributed by atoms with Gasteiger partial charge in [-0.25, -0.2) is 4.98 Å². The molecule has 0 saturated carbocycles. The molecule has 102 valence electrons. The highest BCUT2D eigenvalue weighted by molar-refractivity contribution is 5.33. The molecule has 0 spiro atoms. The van der Waals surface area contributed by atoms with Gasteiger partial charge in [-0.2, -0.15) is 0 Å². The number of aromatic nitrogens is 2. The van der Waals surface area contributed by atoms with Crippen molar-refractivity contribution < 1.29 is 5.11 Å². The van der Waals surface area contributed by atoms with Crippen molar-refractivity contribution in [3.8, 4) is 0 Å². The molecule has 2 N–H and O–H groups in total. The molecule has 0 amide bonds. The first-order valence-corrected chi connectivity index (χ1v) is 6.91. The van der Waals surface area contributed by atoms with Gasteiger partial charge in [0.2, 0.25) is 0 Å². The van der Waals surface area contributed by atoms with Gasteiger partial charge in [-0.05, 0) is 49.8 Å². The van der Waals surface area contributed by atoms with Crippen LogP contribution in [0.2, 0.25) is 0 Å². The molecule has 19 heavy (non-hydrogen) atoms. The number of rotatable bonds is 6. The van der Waals surface area contributed by atoms with Crippen LogP contribution in [0.3, 0.4) is 0 Å². The van der Waals surface area contributed by atoms with E-state index in [1.807, 2.05) is 0 Å². The van der Waals surface area contributed by atoms with Crippen LogP contribution >= 0.6 is 0 Å². The van der Waals surface area contributed by atoms with Crippen LogP contribution in [-0.4, -0.2) is 15.1 Å². The monoisotopic (exact) mass is 258 g/mol. The summed E-state index contributed by atoms with van der Waals surface area (Å²) in [4.78, 5) is 7.03. The number of benzene rings is 1. The number of aliphatic hydroxyl groups excluding tert-OH is 1. The number of nitrogens with one attached hydrogen (secondary N) is 1. The Kier molecular flexibility index (Phi) is 4.74. The summed E-state index contributed by atoms with van der Waals surface area (Å²) < 4.78 is 0. The van der Waals surface area contributed by atoms with Gasteiger partial charge >= 0.3 is 0 Å². The van der Waals surface area contributed by atoms with Gasteiger partial charge in [-0.15, -0.1) is 0 Å². The van der Waals surface area contributed by atoms with E-state index >= 15 is 0 Å². The van der Waals surface area contributed by atoms with Crippen LogP contribution in [0, 0.1) is 13.8 Å². The Labute approximate surface area is 114 Å². The maximum Gasteiger partial charge on any atom is 0.134 e. The summed E-state index contributed by atoms with van der Waals surface area (Å²) in [5.41, 5.74) is 4.19. The quantitative estimate of drug-likeness (QED) is 0.779. The van der Waals surface area contributed by atoms with Gasteiger partial charge < -0.3 is 10.1 Å². The number of hydrogen-bond acceptors (Lipinski definition) is 2. The van der Waals surface area contributed by atoms with Gasteiger partial charge in [0, 0.05) is 12.4 Å². The fraction of sp³-hybridized carbons (Fsp3) is 0.438. The van der Waals surface area contributed by atoms with Gasteiger partial charge in [-0.3, -0.25) is 0 Å². The molecule has 0 radical (unpaired) electrons. The van der Waals surface area contributed by atoms with E-state index in [1.165, 1.54) is 16.7 Å². The van der Waals surface area contributed by atoms with Crippen LogP contribution in [0.5, 0.6) is 0 Å². The molecule has 1 unspecified atom stereocenters. The minimum Gasteiger partial charge on any atom is -0.385 e. The first-order valence-electron chi connectivity index (χ1n) is 6.91. The summed E-state index contributed by atoms with van der Waals surface area (Å²) in [6.07, 6.45) is 6.92. The zero-order valence-corrected chi connectivity index (χ0v) is 11.7. The van der Waals surface area contributed by atoms with E-state index in [-0.39, 0.29) is 0 Å². The molecule has 0 bridgehead atoms. The topological polar surface area (TPSA) is 48.9 Å². The number of aryl methyl sites for hydroxylation is 2. The Hall–Kier alpha value is -1.61. The molecule has 0 aliphatic rings. The predicted octanol–water partition coefficient (Wildman–Crippen LogP) is 3.47. The van der Waals surface area contributed by atoms with Crippen molar-refractivity contribution in [3.05, 3.63) is 53.1 Å². The molecule has 0 fully saturated rings. The molecule has 1 aromatic heterocycles. The summed E-state index contributed by atoms with van der Waals surface area (Å²) in [6, 6.07) is 6.44. The first-order chi connectivity index (χ1) is 9.18. The predicted molar refractivity (Wildman–Crippen MR) is 77.0 cm³/mol. The molecular formula is C16H22N2O. The van der Waals surface area contributed by atoms with E-state index in [1.54, 1.807) is 12.4 Å². The lowest BCUT2D eigenvalue weighted by molar-refractivity contribution is 0.155. The zero-order chi connectivity index (χ0) is 13.7. The number of H-pyrrole nitrogens is 1. The van der Waals surface area contributed by atoms with Crippen LogP contribution < -0.4 is 0 Å². The number of aliphatic hydroxyl groups is 1. The third kappa shape index (κ3) is 3.67. The van der Waals surface area contributed by atoms with E-state index in [0.29, 0.717) is 5.82 Å². The number of aromatic amines is 1. The second kappa shape index (κ2) is 6.53. The molecular weight excluding hydrogens is 236 g/mol. The van der Waals surface area contributed by atoms with Gasteiger partial charge in [0.15, 0.2) is 0 Å². The van der Waals surface area contributed by atoms with Gasteiger partial charge in [0.25, 0.3) is 0 Å². The van der Waals surface area contributed by atoms with E-state index < -0.39 is 6.10 Å². The van der Waals surface area contributed by atoms with E-state index in [0.717, 1.165) is 25.7 Å². The lowest BCUT2D eigenvalue weighted by Crippen LogP contribution is -2.00. The van der Waals surface area contributed by atoms with Crippen molar-refractivity contribution in [2.24, 2.45) is 0 Å². The molecule has 1 atom stereocenters. The second-order valence-corrected chi connectivity index (χ2v) is 5.11. The van der Waals surface area contributed by atoms with Crippen LogP contribution in [-0.2, 0) is 6.42 Å². The number of imidazole rings is 1. The Bertz CT molecular complexity index is 485. The van der Waals surface area contributed by atoms with Gasteiger partial charge in [-0.1, -0.05) is 24.6 Å². The fourth-order valence-electron chi connectivity index (χ4n) is 2.48. The van der Waals surface area contributed by atoms with Crippen molar-refractivity contribution >= 4 is 0 Å². The minimum atomic E-state index is -0.465. The van der Waals surface area contributed by atoms with E-state index in [2.05, 4.69) is 42.0 Å². The summed E-state index contributed by atoms with van der Waals surface area (Å²) >= 11 is 0. The maximum atomic E-state index is 9.92. The molecule has 1 heterocycles. The number of unbranched alkanes of at least 4 members (excludes halogenated alkanes) is 1. The van der Waals surface area contributed by atoms with E-state index in [9.17, 15) is 5.11 Å². The Balaban J connectivity index is 1.78. The lowest BCUT2D eigenvalue weighted by atomic mass is 9.97. The highest BCUT2D eigenvalue weighted by Crippen LogP contribution is 2.19. The van der Waals surface area contributed by atoms with Crippen LogP contribution in [0.1, 0.15) is 47.9 Å². The van der Waals surface area contributed by atoms with Crippen molar-refractivity contribution in [1.29, 1.82) is 0 Å². The summed E-state index contributed by atoms with van der Waals surface area (Å²) in [7, 11) is 0. The van der Waals surface area contributed by atoms with Crippen molar-refractivity contribution in [2.45, 2.75) is 45.6 Å². The zero-order valence-electron chi connectivity index (χ0n) is 11.7. The van der Waals surface area contributed by atoms with E-state index in [4.69, 9.17) is 0 Å². The molecule has 2 rings (SSSR count). The lowest BCUT2D eigenvalue weighted by Gasteiger charge is -2.10. The SMILES string of the molecule is Cc1cccc(C)c1CCCCC(O)c1ncc[nH]1. The van der Waals surface area contributed by atoms with Crippen molar-refractivity contribution in [2.75, 3.05) is 0 Å². The first kappa shape index (κ1) is 13.8. The van der Waals surface area contributed by atoms with Gasteiger partial charge in [0.1, 0.15) is 11.9 Å². The Morgan fingerprint density at radius 3 is 2.58 bits per heavy atom. The van der Waals surface area contributed by atoms with Gasteiger partial charge in [0.05, 0.1) is 0 Å². The normalized spacial score (nSPS) is 12.6. The molecule has 0 saturated heterocycles. The number of hydrogen-bond donors (Lipinski definition) is 2. The largest absolute Gasteiger partial charge is 0.385 e. The average molecular weight is 258 g/mol. The van der Waals surface area contributed by atoms with Crippen LogP contribution in [0.25, 0.3) is 0 Å². The highest BCUT2D eigenvalue weighted by Gasteiger charge is 2.09. The Morgan fingerprint density at radius 2 is 1.95 bits per heavy atom. The summed E-state index contributed by atoms with van der Waals surface area (Å²) in [5, 5.41) is 9.92. The molecule has 1 aromatic carbocycles. The summed E-state index contributed by atoms with van der Waals surface area (Å²) in [5.74, 6) is 0.673. The molecule has 2 aromatic rings. The average Bonchev–Trinajstić information content (AvgIpc) is 2.91. The standard InChI is InChI=1S/C16H22N2O/c1-12-6-5-7-13(2)14(12)8-3-4-9-15(19)16-17-10-11-18-16/h5-7,10-11,15,19H,3-4,8-9H2,1-2H3,(H,17,18). The maximum absolute atomic E-state index is 9.92. The third-order valence-corrected chi connectivity index (χ3v) is 3.63. The Morgan fingerprint density at radius 1 is 1.21 bits per heavy atom. The smallest absolute Gasteiger partial charge is 0.134 e. The number of nitrogens with zero attached hydrogens (tertiary/aromatic N) is 1. The summed E-state index contributed by atoms with van der Waals surface area (Å²) in [6.45, 7) is 4.33. The van der Waals surface area contributed by atoms with Crippen LogP contribution in [0.15, 0.2) is 30.6 Å². The van der Waals surface area contributed by atoms with Crippen molar-refractivity contribution in [3.63, 3.8) is 0 Å². The molecule has 3 nitrogen and oxygen atoms in total.